The summed E-state index contributed by atoms with van der Waals surface area (Å²) in [7, 11) is 3.16. The third-order valence-corrected chi connectivity index (χ3v) is 15.6. The zero-order chi connectivity index (χ0) is 62.2. The lowest BCUT2D eigenvalue weighted by Crippen LogP contribution is -2.41. The van der Waals surface area contributed by atoms with Gasteiger partial charge in [-0.1, -0.05) is 27.7 Å². The van der Waals surface area contributed by atoms with Crippen LogP contribution in [0.15, 0.2) is 133 Å². The molecule has 0 atom stereocenters. The number of rotatable bonds is 25. The van der Waals surface area contributed by atoms with Gasteiger partial charge in [0.1, 0.15) is 41.0 Å². The van der Waals surface area contributed by atoms with E-state index in [-0.39, 0.29) is 48.2 Å². The van der Waals surface area contributed by atoms with E-state index < -0.39 is 0 Å². The number of benzene rings is 6. The highest BCUT2D eigenvalue weighted by atomic mass is 16.5. The van der Waals surface area contributed by atoms with Crippen LogP contribution in [-0.2, 0) is 11.3 Å². The van der Waals surface area contributed by atoms with Crippen molar-refractivity contribution in [2.75, 3.05) is 61.7 Å². The second kappa shape index (κ2) is 33.5. The Kier molecular flexibility index (Phi) is 25.5. The highest BCUT2D eigenvalue weighted by Gasteiger charge is 2.24. The SMILES string of the molecule is CCC(CC)NC(=O)Nc1ccc(Oc2ccc(NC(=O)c3ccc(OC4CCN(C(C)C)CC4)cc3)cc2COC)cc1.CCC(CC)NC(=O)Nc1ccc(Oc2ccc(NC(=O)c3ccc(OC4CCN(C(C)C)CC4)cc3)cc2OC)cc1. The maximum absolute atomic E-state index is 13.0. The van der Waals surface area contributed by atoms with E-state index in [1.807, 2.05) is 58.0 Å². The van der Waals surface area contributed by atoms with Crippen molar-refractivity contribution >= 4 is 46.6 Å². The van der Waals surface area contributed by atoms with Crippen molar-refractivity contribution in [3.63, 3.8) is 0 Å². The van der Waals surface area contributed by atoms with Crippen molar-refractivity contribution in [1.82, 2.24) is 20.4 Å². The molecule has 6 aromatic rings. The van der Waals surface area contributed by atoms with Crippen molar-refractivity contribution in [3.05, 3.63) is 150 Å². The predicted molar refractivity (Wildman–Crippen MR) is 346 cm³/mol. The molecule has 2 heterocycles. The van der Waals surface area contributed by atoms with Gasteiger partial charge in [-0.2, -0.15) is 0 Å². The Hall–Kier alpha value is -8.32. The molecule has 6 aromatic carbocycles. The molecule has 6 N–H and O–H groups in total. The quantitative estimate of drug-likeness (QED) is 0.0317. The highest BCUT2D eigenvalue weighted by molar-refractivity contribution is 6.05. The molecule has 18 heteroatoms. The lowest BCUT2D eigenvalue weighted by Gasteiger charge is -2.34. The molecule has 18 nitrogen and oxygen atoms in total. The van der Waals surface area contributed by atoms with Crippen LogP contribution in [0, 0.1) is 0 Å². The molecule has 0 bridgehead atoms. The van der Waals surface area contributed by atoms with Crippen molar-refractivity contribution < 1.29 is 47.6 Å². The minimum Gasteiger partial charge on any atom is -0.493 e. The molecule has 6 amide bonds. The summed E-state index contributed by atoms with van der Waals surface area (Å²) in [6, 6.07) is 40.4. The van der Waals surface area contributed by atoms with E-state index in [4.69, 9.17) is 28.4 Å². The predicted octanol–water partition coefficient (Wildman–Crippen LogP) is 14.7. The van der Waals surface area contributed by atoms with Gasteiger partial charge in [0.15, 0.2) is 11.5 Å². The number of nitrogens with one attached hydrogen (secondary N) is 6. The van der Waals surface area contributed by atoms with Crippen LogP contribution in [0.2, 0.25) is 0 Å². The third kappa shape index (κ3) is 20.7. The summed E-state index contributed by atoms with van der Waals surface area (Å²) in [6.45, 7) is 21.5. The molecular formula is C69H90N8O10. The third-order valence-electron chi connectivity index (χ3n) is 15.6. The van der Waals surface area contributed by atoms with Gasteiger partial charge < -0.3 is 70.1 Å². The van der Waals surface area contributed by atoms with E-state index in [1.165, 1.54) is 0 Å². The molecule has 0 unspecified atom stereocenters. The molecule has 0 spiro atoms. The molecule has 2 fully saturated rings. The number of ether oxygens (including phenoxy) is 6. The first-order valence-corrected chi connectivity index (χ1v) is 30.7. The molecular weight excluding hydrogens is 1100 g/mol. The Morgan fingerprint density at radius 2 is 0.816 bits per heavy atom. The molecule has 0 radical (unpaired) electrons. The number of methoxy groups -OCH3 is 2. The summed E-state index contributed by atoms with van der Waals surface area (Å²) in [5.74, 6) is 3.87. The summed E-state index contributed by atoms with van der Waals surface area (Å²) in [5, 5.41) is 17.5. The Bertz CT molecular complexity index is 3100. The molecule has 8 rings (SSSR count). The summed E-state index contributed by atoms with van der Waals surface area (Å²) >= 11 is 0. The topological polar surface area (TPSA) is 202 Å². The molecule has 0 saturated carbocycles. The van der Waals surface area contributed by atoms with E-state index in [9.17, 15) is 19.2 Å². The number of hydrogen-bond acceptors (Lipinski definition) is 12. The van der Waals surface area contributed by atoms with Crippen LogP contribution in [-0.4, -0.2) is 110 Å². The molecule has 0 aliphatic carbocycles. The maximum atomic E-state index is 13.0. The minimum atomic E-state index is -0.233. The van der Waals surface area contributed by atoms with E-state index in [2.05, 4.69) is 69.4 Å². The van der Waals surface area contributed by atoms with Crippen LogP contribution in [0.4, 0.5) is 32.3 Å². The van der Waals surface area contributed by atoms with Crippen molar-refractivity contribution in [1.29, 1.82) is 0 Å². The average Bonchev–Trinajstić information content (AvgIpc) is 3.59. The van der Waals surface area contributed by atoms with Gasteiger partial charge in [0.25, 0.3) is 11.8 Å². The Morgan fingerprint density at radius 3 is 1.20 bits per heavy atom. The number of anilines is 4. The second-order valence-electron chi connectivity index (χ2n) is 22.4. The number of hydrogen-bond donors (Lipinski definition) is 6. The summed E-state index contributed by atoms with van der Waals surface area (Å²) in [4.78, 5) is 55.3. The first-order valence-electron chi connectivity index (χ1n) is 30.7. The van der Waals surface area contributed by atoms with Gasteiger partial charge in [0.2, 0.25) is 0 Å². The number of piperidine rings is 2. The van der Waals surface area contributed by atoms with Crippen molar-refractivity contribution in [2.24, 2.45) is 0 Å². The smallest absolute Gasteiger partial charge is 0.319 e. The van der Waals surface area contributed by atoms with Crippen LogP contribution in [0.3, 0.4) is 0 Å². The largest absolute Gasteiger partial charge is 0.493 e. The summed E-state index contributed by atoms with van der Waals surface area (Å²) < 4.78 is 35.4. The first-order chi connectivity index (χ1) is 42.0. The number of carbonyl (C=O) groups is 4. The summed E-state index contributed by atoms with van der Waals surface area (Å²) in [5.41, 5.74) is 4.40. The standard InChI is InChI=1S/C35H46N4O5.C34H44N4O5/c1-6-27(7-2)37-35(41)38-28-10-15-31(16-11-28)44-33-17-12-29(22-26(33)23-42-5)36-34(40)25-8-13-30(14-9-25)43-32-18-20-39(21-19-32)24(3)4;1-6-25(7-2)36-34(40)37-26-10-15-29(16-11-26)43-31-17-12-27(22-32(31)41-5)35-33(39)24-8-13-28(14-9-24)42-30-18-20-38(21-19-30)23(3)4/h8-17,22,24,27,32H,6-7,18-21,23H2,1-5H3,(H,36,40)(H2,37,38,41);8-17,22-23,25,30H,6-7,18-21H2,1-5H3,(H,35,39)(H2,36,37,40). The zero-order valence-corrected chi connectivity index (χ0v) is 52.3. The molecule has 466 valence electrons. The van der Waals surface area contributed by atoms with Crippen LogP contribution in [0.1, 0.15) is 133 Å². The molecule has 0 aromatic heterocycles. The zero-order valence-electron chi connectivity index (χ0n) is 52.3. The first kappa shape index (κ1) is 66.2. The second-order valence-corrected chi connectivity index (χ2v) is 22.4. The van der Waals surface area contributed by atoms with E-state index in [0.29, 0.717) is 81.3 Å². The fraction of sp³-hybridized carbons (Fsp3) is 0.420. The van der Waals surface area contributed by atoms with Gasteiger partial charge >= 0.3 is 12.1 Å². The number of urea groups is 2. The van der Waals surface area contributed by atoms with Gasteiger partial charge in [-0.3, -0.25) is 9.59 Å². The van der Waals surface area contributed by atoms with Gasteiger partial charge in [0.05, 0.1) is 13.7 Å². The number of amides is 6. The number of carbonyl (C=O) groups excluding carboxylic acids is 4. The molecule has 87 heavy (non-hydrogen) atoms. The number of nitrogens with zero attached hydrogens (tertiary/aromatic N) is 2. The van der Waals surface area contributed by atoms with Crippen molar-refractivity contribution in [2.45, 2.75) is 150 Å². The van der Waals surface area contributed by atoms with Gasteiger partial charge in [-0.25, -0.2) is 9.59 Å². The van der Waals surface area contributed by atoms with Crippen LogP contribution in [0.25, 0.3) is 0 Å². The van der Waals surface area contributed by atoms with E-state index >= 15 is 0 Å². The average molecular weight is 1190 g/mol. The van der Waals surface area contributed by atoms with Crippen molar-refractivity contribution in [3.8, 4) is 40.2 Å². The summed E-state index contributed by atoms with van der Waals surface area (Å²) in [6.07, 6.45) is 7.92. The van der Waals surface area contributed by atoms with Crippen LogP contribution >= 0.6 is 0 Å². The normalized spacial score (nSPS) is 14.0. The van der Waals surface area contributed by atoms with Gasteiger partial charge in [0, 0.05) is 103 Å². The molecule has 2 aliphatic heterocycles. The molecule has 2 aliphatic rings. The van der Waals surface area contributed by atoms with Crippen LogP contribution in [0.5, 0.6) is 40.2 Å². The maximum Gasteiger partial charge on any atom is 0.319 e. The lowest BCUT2D eigenvalue weighted by molar-refractivity contribution is 0.0841. The minimum absolute atomic E-state index is 0.144. The lowest BCUT2D eigenvalue weighted by atomic mass is 10.1. The Balaban J connectivity index is 0.000000249. The Labute approximate surface area is 514 Å². The molecule has 2 saturated heterocycles. The van der Waals surface area contributed by atoms with Crippen LogP contribution < -0.4 is 55.6 Å². The Morgan fingerprint density at radius 1 is 0.448 bits per heavy atom. The van der Waals surface area contributed by atoms with Gasteiger partial charge in [-0.05, 0) is 206 Å². The monoisotopic (exact) mass is 1190 g/mol. The number of likely N-dealkylation sites (tertiary alicyclic amines) is 2. The van der Waals surface area contributed by atoms with E-state index in [1.54, 1.807) is 117 Å². The highest BCUT2D eigenvalue weighted by Crippen LogP contribution is 2.35. The fourth-order valence-corrected chi connectivity index (χ4v) is 10.2. The fourth-order valence-electron chi connectivity index (χ4n) is 10.2. The van der Waals surface area contributed by atoms with E-state index in [0.717, 1.165) is 94.6 Å². The van der Waals surface area contributed by atoms with Gasteiger partial charge in [-0.15, -0.1) is 0 Å².